The maximum atomic E-state index is 12.5. The number of primary amides is 1. The average Bonchev–Trinajstić information content (AvgIpc) is 3.04. The van der Waals surface area contributed by atoms with E-state index >= 15 is 0 Å². The maximum Gasteiger partial charge on any atom is 0.404 e. The van der Waals surface area contributed by atoms with Gasteiger partial charge in [-0.25, -0.2) is 13.9 Å². The first-order valence-corrected chi connectivity index (χ1v) is 9.64. The second-order valence-corrected chi connectivity index (χ2v) is 7.40. The molecule has 0 aromatic carbocycles. The van der Waals surface area contributed by atoms with E-state index in [1.54, 1.807) is 0 Å². The van der Waals surface area contributed by atoms with Gasteiger partial charge in [-0.05, 0) is 0 Å². The summed E-state index contributed by atoms with van der Waals surface area (Å²) in [5.41, 5.74) is 9.52. The van der Waals surface area contributed by atoms with Crippen molar-refractivity contribution in [3.05, 3.63) is 5.82 Å². The maximum absolute atomic E-state index is 12.5. The van der Waals surface area contributed by atoms with Crippen molar-refractivity contribution in [1.29, 1.82) is 0 Å². The molecule has 2 rings (SSSR count). The lowest BCUT2D eigenvalue weighted by Crippen LogP contribution is -2.73. The Morgan fingerprint density at radius 3 is 2.53 bits per heavy atom. The minimum Gasteiger partial charge on any atom is -0.479 e. The number of nitrogens with zero attached hydrogens (tertiary/aromatic N) is 4. The third-order valence-electron chi connectivity index (χ3n) is 3.31. The Labute approximate surface area is 170 Å². The third-order valence-corrected chi connectivity index (χ3v) is 4.80. The van der Waals surface area contributed by atoms with Crippen LogP contribution in [-0.2, 0) is 34.3 Å². The zero-order valence-corrected chi connectivity index (χ0v) is 16.1. The van der Waals surface area contributed by atoms with Crippen LogP contribution in [0.5, 0.6) is 0 Å². The molecular formula is C11H13N7O10S2. The van der Waals surface area contributed by atoms with Gasteiger partial charge in [-0.1, -0.05) is 5.16 Å². The number of nitrogens with one attached hydrogen (secondary N) is 1. The highest BCUT2D eigenvalue weighted by Crippen LogP contribution is 2.24. The molecule has 0 unspecified atom stereocenters. The number of nitrogens with two attached hydrogens (primary N) is 2. The number of amides is 3. The number of hydrogen-bond acceptors (Lipinski definition) is 13. The van der Waals surface area contributed by atoms with E-state index in [-0.39, 0.29) is 15.3 Å². The van der Waals surface area contributed by atoms with Crippen LogP contribution in [0.25, 0.3) is 0 Å². The zero-order chi connectivity index (χ0) is 22.6. The second kappa shape index (κ2) is 8.84. The predicted molar refractivity (Wildman–Crippen MR) is 94.1 cm³/mol. The number of oxime groups is 1. The molecule has 1 saturated heterocycles. The van der Waals surface area contributed by atoms with Crippen molar-refractivity contribution in [1.82, 2.24) is 19.0 Å². The van der Waals surface area contributed by atoms with Crippen molar-refractivity contribution in [2.45, 2.75) is 12.1 Å². The minimum atomic E-state index is -5.03. The van der Waals surface area contributed by atoms with Crippen LogP contribution in [0.3, 0.4) is 0 Å². The van der Waals surface area contributed by atoms with E-state index in [1.807, 2.05) is 0 Å². The van der Waals surface area contributed by atoms with Crippen LogP contribution in [0.2, 0.25) is 0 Å². The summed E-state index contributed by atoms with van der Waals surface area (Å²) in [6.07, 6.45) is -1.30. The first-order valence-electron chi connectivity index (χ1n) is 7.47. The van der Waals surface area contributed by atoms with Crippen LogP contribution in [0, 0.1) is 0 Å². The van der Waals surface area contributed by atoms with E-state index in [0.717, 1.165) is 0 Å². The molecule has 2 atom stereocenters. The summed E-state index contributed by atoms with van der Waals surface area (Å²) < 4.78 is 39.9. The van der Waals surface area contributed by atoms with E-state index in [1.165, 1.54) is 0 Å². The lowest BCUT2D eigenvalue weighted by Gasteiger charge is -2.43. The van der Waals surface area contributed by atoms with Gasteiger partial charge < -0.3 is 31.5 Å². The topological polar surface area (TPSA) is 267 Å². The highest BCUT2D eigenvalue weighted by molar-refractivity contribution is 7.84. The van der Waals surface area contributed by atoms with Gasteiger partial charge in [0.2, 0.25) is 18.1 Å². The highest BCUT2D eigenvalue weighted by Gasteiger charge is 2.55. The quantitative estimate of drug-likeness (QED) is 0.102. The number of carboxylic acids is 1. The number of ether oxygens (including phenoxy) is 1. The molecule has 1 aliphatic rings. The van der Waals surface area contributed by atoms with Crippen LogP contribution in [0.4, 0.5) is 9.93 Å². The molecule has 164 valence electrons. The summed E-state index contributed by atoms with van der Waals surface area (Å²) in [7, 11) is -5.03. The molecule has 17 nitrogen and oxygen atoms in total. The fourth-order valence-corrected chi connectivity index (χ4v) is 3.47. The number of aromatic nitrogens is 2. The summed E-state index contributed by atoms with van der Waals surface area (Å²) in [6, 6.07) is -3.13. The van der Waals surface area contributed by atoms with Crippen LogP contribution < -0.4 is 16.8 Å². The first kappa shape index (κ1) is 22.7. The largest absolute Gasteiger partial charge is 0.479 e. The summed E-state index contributed by atoms with van der Waals surface area (Å²) in [6.45, 7) is -1.71. The van der Waals surface area contributed by atoms with Crippen molar-refractivity contribution in [3.8, 4) is 0 Å². The van der Waals surface area contributed by atoms with E-state index in [2.05, 4.69) is 29.4 Å². The fraction of sp³-hybridized carbons (Fsp3) is 0.364. The molecule has 3 amide bonds. The molecule has 1 aliphatic heterocycles. The Balaban J connectivity index is 2.24. The number of carbonyl (C=O) groups is 4. The number of anilines is 1. The molecule has 30 heavy (non-hydrogen) atoms. The molecule has 1 fully saturated rings. The number of hydrogen-bond donors (Lipinski definition) is 5. The number of nitrogen functional groups attached to an aromatic ring is 1. The average molecular weight is 467 g/mol. The lowest BCUT2D eigenvalue weighted by atomic mass is 9.99. The van der Waals surface area contributed by atoms with E-state index in [0.29, 0.717) is 11.5 Å². The van der Waals surface area contributed by atoms with Gasteiger partial charge in [0.15, 0.2) is 5.13 Å². The molecule has 2 heterocycles. The van der Waals surface area contributed by atoms with Gasteiger partial charge in [-0.15, -0.1) is 0 Å². The number of rotatable bonds is 9. The van der Waals surface area contributed by atoms with Crippen LogP contribution >= 0.6 is 11.5 Å². The number of carboxylic acid groups (broad SMARTS) is 1. The van der Waals surface area contributed by atoms with Crippen molar-refractivity contribution in [2.24, 2.45) is 10.9 Å². The van der Waals surface area contributed by atoms with Crippen molar-refractivity contribution >= 4 is 56.6 Å². The lowest BCUT2D eigenvalue weighted by molar-refractivity contribution is -0.146. The van der Waals surface area contributed by atoms with Gasteiger partial charge in [0.1, 0.15) is 18.7 Å². The number of carbonyl (C=O) groups excluding carboxylic acids is 3. The number of β-lactam (4-membered cyclic amide) rings is 1. The number of aliphatic carboxylic acids is 1. The smallest absolute Gasteiger partial charge is 0.404 e. The summed E-state index contributed by atoms with van der Waals surface area (Å²) in [4.78, 5) is 54.1. The molecule has 0 bridgehead atoms. The second-order valence-electron chi connectivity index (χ2n) is 5.32. The minimum absolute atomic E-state index is 0.0300. The monoisotopic (exact) mass is 467 g/mol. The van der Waals surface area contributed by atoms with E-state index in [9.17, 15) is 27.6 Å². The standard InChI is InChI=1S/C11H13N7O10S2/c12-10-15-7(17-29-10)6(16-28-2-4(19)20)8(21)14-5-3(1-27-11(13)23)18(9(5)22)30(24,25)26/h3,5H,1-2H2,(H2,13,23)(H,14,21)(H,19,20)(H2,12,15,17)(H,24,25,26)/b16-6-/t3-,5+/m1/s1. The fourth-order valence-electron chi connectivity index (χ4n) is 2.17. The molecule has 7 N–H and O–H groups in total. The predicted octanol–water partition coefficient (Wildman–Crippen LogP) is -3.48. The highest BCUT2D eigenvalue weighted by atomic mass is 32.2. The molecule has 0 aliphatic carbocycles. The molecule has 0 spiro atoms. The Morgan fingerprint density at radius 1 is 1.37 bits per heavy atom. The Bertz CT molecular complexity index is 1010. The molecule has 0 radical (unpaired) electrons. The zero-order valence-electron chi connectivity index (χ0n) is 14.5. The van der Waals surface area contributed by atoms with E-state index in [4.69, 9.17) is 21.1 Å². The molecule has 0 saturated carbocycles. The van der Waals surface area contributed by atoms with Crippen molar-refractivity contribution in [3.63, 3.8) is 0 Å². The van der Waals surface area contributed by atoms with E-state index < -0.39 is 65.2 Å². The van der Waals surface area contributed by atoms with Gasteiger partial charge in [-0.2, -0.15) is 17.8 Å². The van der Waals surface area contributed by atoms with Gasteiger partial charge in [0, 0.05) is 11.5 Å². The van der Waals surface area contributed by atoms with Crippen molar-refractivity contribution in [2.75, 3.05) is 18.9 Å². The Kier molecular flexibility index (Phi) is 6.69. The first-order chi connectivity index (χ1) is 13.9. The summed E-state index contributed by atoms with van der Waals surface area (Å²) >= 11 is 0.670. The Hall–Kier alpha value is -3.58. The van der Waals surface area contributed by atoms with Gasteiger partial charge in [0.25, 0.3) is 11.8 Å². The van der Waals surface area contributed by atoms with Crippen LogP contribution in [0.1, 0.15) is 5.82 Å². The van der Waals surface area contributed by atoms with Crippen LogP contribution in [-0.4, -0.2) is 86.6 Å². The molecular weight excluding hydrogens is 454 g/mol. The van der Waals surface area contributed by atoms with Crippen molar-refractivity contribution < 1.29 is 46.8 Å². The molecule has 1 aromatic rings. The van der Waals surface area contributed by atoms with Gasteiger partial charge in [0.05, 0.1) is 0 Å². The molecule has 19 heteroatoms. The Morgan fingerprint density at radius 2 is 2.03 bits per heavy atom. The summed E-state index contributed by atoms with van der Waals surface area (Å²) in [5, 5.41) is 13.9. The SMILES string of the molecule is NC(=O)OC[C@@H]1[C@H](NC(=O)/C(=N\OCC(=O)O)c2nsc(N)n2)C(=O)N1S(=O)(=O)O. The normalized spacial score (nSPS) is 19.0. The van der Waals surface area contributed by atoms with Gasteiger partial charge >= 0.3 is 22.4 Å². The molecule has 1 aromatic heterocycles. The third kappa shape index (κ3) is 5.27. The van der Waals surface area contributed by atoms with Crippen LogP contribution in [0.15, 0.2) is 5.16 Å². The van der Waals surface area contributed by atoms with Gasteiger partial charge in [-0.3, -0.25) is 14.1 Å². The summed E-state index contributed by atoms with van der Waals surface area (Å²) in [5.74, 6) is -4.23.